The van der Waals surface area contributed by atoms with Gasteiger partial charge in [0, 0.05) is 22.4 Å². The van der Waals surface area contributed by atoms with Crippen LogP contribution in [0.4, 0.5) is 0 Å². The molecule has 1 aliphatic heterocycles. The van der Waals surface area contributed by atoms with Crippen molar-refractivity contribution in [3.63, 3.8) is 0 Å². The first-order valence-corrected chi connectivity index (χ1v) is 9.14. The van der Waals surface area contributed by atoms with E-state index >= 15 is 0 Å². The van der Waals surface area contributed by atoms with E-state index in [9.17, 15) is 0 Å². The number of hydrogen-bond acceptors (Lipinski definition) is 4. The van der Waals surface area contributed by atoms with Gasteiger partial charge < -0.3 is 21.3 Å². The molecule has 2 unspecified atom stereocenters. The standard InChI is InChI=1S/C20H22Cl2N4/c1-13(15-3-7-17(21)8-4-15)25-11-20(24)26(12-19(25)23)14(2)16-5-9-18(22)10-6-16/h3-14H,23-24H2,1-2H3. The zero-order valence-electron chi connectivity index (χ0n) is 14.7. The molecule has 4 nitrogen and oxygen atoms in total. The first-order chi connectivity index (χ1) is 12.4. The van der Waals surface area contributed by atoms with E-state index in [1.165, 1.54) is 0 Å². The fourth-order valence-corrected chi connectivity index (χ4v) is 3.29. The summed E-state index contributed by atoms with van der Waals surface area (Å²) < 4.78 is 0. The van der Waals surface area contributed by atoms with Crippen molar-refractivity contribution in [2.75, 3.05) is 0 Å². The number of nitrogens with zero attached hydrogens (tertiary/aromatic N) is 2. The van der Waals surface area contributed by atoms with Crippen molar-refractivity contribution < 1.29 is 0 Å². The van der Waals surface area contributed by atoms with Gasteiger partial charge in [0.05, 0.1) is 12.1 Å². The molecular formula is C20H22Cl2N4. The molecule has 6 heteroatoms. The van der Waals surface area contributed by atoms with Gasteiger partial charge >= 0.3 is 0 Å². The Hall–Kier alpha value is -2.30. The minimum absolute atomic E-state index is 0.0371. The van der Waals surface area contributed by atoms with E-state index in [0.717, 1.165) is 11.1 Å². The quantitative estimate of drug-likeness (QED) is 0.777. The summed E-state index contributed by atoms with van der Waals surface area (Å²) in [5.41, 5.74) is 14.9. The van der Waals surface area contributed by atoms with Crippen LogP contribution in [0.1, 0.15) is 37.1 Å². The lowest BCUT2D eigenvalue weighted by atomic mass is 10.1. The van der Waals surface area contributed by atoms with Gasteiger partial charge in [-0.05, 0) is 49.2 Å². The minimum atomic E-state index is 0.0371. The third-order valence-corrected chi connectivity index (χ3v) is 5.18. The number of benzene rings is 2. The second-order valence-electron chi connectivity index (χ2n) is 6.38. The van der Waals surface area contributed by atoms with E-state index in [4.69, 9.17) is 34.7 Å². The maximum Gasteiger partial charge on any atom is 0.120 e. The fourth-order valence-electron chi connectivity index (χ4n) is 3.04. The van der Waals surface area contributed by atoms with Gasteiger partial charge in [-0.1, -0.05) is 47.5 Å². The van der Waals surface area contributed by atoms with Gasteiger partial charge in [-0.2, -0.15) is 0 Å². The van der Waals surface area contributed by atoms with Crippen molar-refractivity contribution in [1.82, 2.24) is 9.80 Å². The lowest BCUT2D eigenvalue weighted by molar-refractivity contribution is 0.282. The Labute approximate surface area is 164 Å². The van der Waals surface area contributed by atoms with E-state index in [-0.39, 0.29) is 12.1 Å². The highest BCUT2D eigenvalue weighted by molar-refractivity contribution is 6.30. The summed E-state index contributed by atoms with van der Waals surface area (Å²) in [5.74, 6) is 1.25. The molecule has 0 bridgehead atoms. The Morgan fingerprint density at radius 3 is 1.27 bits per heavy atom. The van der Waals surface area contributed by atoms with Gasteiger partial charge in [0.1, 0.15) is 11.6 Å². The maximum absolute atomic E-state index is 6.34. The molecule has 0 aliphatic carbocycles. The smallest absolute Gasteiger partial charge is 0.120 e. The third-order valence-electron chi connectivity index (χ3n) is 4.68. The highest BCUT2D eigenvalue weighted by Gasteiger charge is 2.24. The van der Waals surface area contributed by atoms with Crippen LogP contribution in [0.25, 0.3) is 0 Å². The van der Waals surface area contributed by atoms with Crippen LogP contribution in [0.3, 0.4) is 0 Å². The van der Waals surface area contributed by atoms with Gasteiger partial charge in [-0.15, -0.1) is 0 Å². The zero-order chi connectivity index (χ0) is 18.8. The molecule has 0 saturated carbocycles. The Bertz CT molecular complexity index is 756. The Morgan fingerprint density at radius 1 is 0.654 bits per heavy atom. The normalized spacial score (nSPS) is 16.8. The SMILES string of the molecule is CC(c1ccc(Cl)cc1)N1C=C(N)N(C(C)c2ccc(Cl)cc2)C=C1N. The molecule has 0 spiro atoms. The molecule has 26 heavy (non-hydrogen) atoms. The van der Waals surface area contributed by atoms with Crippen LogP contribution in [-0.2, 0) is 0 Å². The molecule has 1 aliphatic rings. The molecule has 0 saturated heterocycles. The Balaban J connectivity index is 1.83. The van der Waals surface area contributed by atoms with E-state index < -0.39 is 0 Å². The van der Waals surface area contributed by atoms with Gasteiger partial charge in [-0.25, -0.2) is 0 Å². The second-order valence-corrected chi connectivity index (χ2v) is 7.25. The predicted octanol–water partition coefficient (Wildman–Crippen LogP) is 4.95. The van der Waals surface area contributed by atoms with Crippen molar-refractivity contribution in [3.05, 3.63) is 93.7 Å². The predicted molar refractivity (Wildman–Crippen MR) is 108 cm³/mol. The number of rotatable bonds is 4. The van der Waals surface area contributed by atoms with Gasteiger partial charge in [-0.3, -0.25) is 0 Å². The monoisotopic (exact) mass is 388 g/mol. The molecule has 4 N–H and O–H groups in total. The highest BCUT2D eigenvalue weighted by atomic mass is 35.5. The van der Waals surface area contributed by atoms with Crippen molar-refractivity contribution in [1.29, 1.82) is 0 Å². The molecule has 2 aromatic carbocycles. The second kappa shape index (κ2) is 7.52. The third kappa shape index (κ3) is 3.76. The zero-order valence-corrected chi connectivity index (χ0v) is 16.2. The van der Waals surface area contributed by atoms with Gasteiger partial charge in [0.2, 0.25) is 0 Å². The van der Waals surface area contributed by atoms with E-state index in [0.29, 0.717) is 21.7 Å². The van der Waals surface area contributed by atoms with E-state index in [1.807, 2.05) is 70.7 Å². The first kappa shape index (κ1) is 18.5. The molecule has 136 valence electrons. The lowest BCUT2D eigenvalue weighted by Crippen LogP contribution is -2.37. The van der Waals surface area contributed by atoms with Gasteiger partial charge in [0.25, 0.3) is 0 Å². The number of nitrogens with two attached hydrogens (primary N) is 2. The number of hydrogen-bond donors (Lipinski definition) is 2. The van der Waals surface area contributed by atoms with Crippen molar-refractivity contribution in [2.45, 2.75) is 25.9 Å². The molecule has 1 heterocycles. The molecule has 2 aromatic rings. The highest BCUT2D eigenvalue weighted by Crippen LogP contribution is 2.31. The first-order valence-electron chi connectivity index (χ1n) is 8.39. The van der Waals surface area contributed by atoms with Crippen LogP contribution in [0.5, 0.6) is 0 Å². The molecule has 0 amide bonds. The summed E-state index contributed by atoms with van der Waals surface area (Å²) in [6.07, 6.45) is 3.75. The topological polar surface area (TPSA) is 58.5 Å². The fraction of sp³-hybridized carbons (Fsp3) is 0.200. The summed E-state index contributed by atoms with van der Waals surface area (Å²) in [7, 11) is 0. The minimum Gasteiger partial charge on any atom is -0.384 e. The van der Waals surface area contributed by atoms with E-state index in [1.54, 1.807) is 0 Å². The summed E-state index contributed by atoms with van der Waals surface area (Å²) in [6, 6.07) is 15.5. The van der Waals surface area contributed by atoms with Crippen molar-refractivity contribution in [2.24, 2.45) is 11.5 Å². The average molecular weight is 389 g/mol. The lowest BCUT2D eigenvalue weighted by Gasteiger charge is -2.38. The summed E-state index contributed by atoms with van der Waals surface area (Å²) in [5, 5.41) is 1.42. The van der Waals surface area contributed by atoms with Crippen LogP contribution in [0.15, 0.2) is 72.6 Å². The molecule has 0 aromatic heterocycles. The van der Waals surface area contributed by atoms with Crippen LogP contribution < -0.4 is 11.5 Å². The molecule has 0 fully saturated rings. The van der Waals surface area contributed by atoms with Crippen LogP contribution in [0, 0.1) is 0 Å². The van der Waals surface area contributed by atoms with Crippen molar-refractivity contribution >= 4 is 23.2 Å². The molecule has 0 radical (unpaired) electrons. The molecule has 2 atom stereocenters. The average Bonchev–Trinajstić information content (AvgIpc) is 2.63. The Morgan fingerprint density at radius 2 is 0.962 bits per heavy atom. The Kier molecular flexibility index (Phi) is 5.35. The molecule has 3 rings (SSSR count). The van der Waals surface area contributed by atoms with Crippen LogP contribution in [0.2, 0.25) is 10.0 Å². The van der Waals surface area contributed by atoms with Crippen LogP contribution in [-0.4, -0.2) is 9.80 Å². The molecular weight excluding hydrogens is 367 g/mol. The number of halogens is 2. The van der Waals surface area contributed by atoms with Crippen molar-refractivity contribution in [3.8, 4) is 0 Å². The summed E-state index contributed by atoms with van der Waals surface area (Å²) in [6.45, 7) is 4.15. The largest absolute Gasteiger partial charge is 0.384 e. The van der Waals surface area contributed by atoms with Crippen LogP contribution >= 0.6 is 23.2 Å². The summed E-state index contributed by atoms with van der Waals surface area (Å²) >= 11 is 12.0. The maximum atomic E-state index is 6.34. The van der Waals surface area contributed by atoms with E-state index in [2.05, 4.69) is 13.8 Å². The van der Waals surface area contributed by atoms with Gasteiger partial charge in [0.15, 0.2) is 0 Å². The summed E-state index contributed by atoms with van der Waals surface area (Å²) in [4.78, 5) is 3.92.